The van der Waals surface area contributed by atoms with Crippen molar-refractivity contribution in [2.24, 2.45) is 0 Å². The van der Waals surface area contributed by atoms with Crippen molar-refractivity contribution in [2.45, 2.75) is 49.4 Å². The van der Waals surface area contributed by atoms with E-state index in [1.165, 1.54) is 40.6 Å². The van der Waals surface area contributed by atoms with Crippen LogP contribution in [0.3, 0.4) is 0 Å². The first-order chi connectivity index (χ1) is 18.1. The SMILES string of the molecule is COc1ncnc(OC)c1-n1c(NS(=O)(=O)C(C)C(OC)c2ncc(Cl)cn2)nnc1C1(C(F)F)CCC1. The molecule has 0 aliphatic heterocycles. The molecule has 2 atom stereocenters. The zero-order chi connectivity index (χ0) is 27.7. The topological polar surface area (TPSA) is 156 Å². The van der Waals surface area contributed by atoms with E-state index in [0.29, 0.717) is 6.42 Å². The minimum absolute atomic E-state index is 0.0425. The molecule has 1 N–H and O–H groups in total. The maximum Gasteiger partial charge on any atom is 0.251 e. The van der Waals surface area contributed by atoms with E-state index in [0.717, 1.165) is 10.9 Å². The minimum Gasteiger partial charge on any atom is -0.479 e. The van der Waals surface area contributed by atoms with Gasteiger partial charge in [-0.2, -0.15) is 9.97 Å². The molecule has 3 heterocycles. The Hall–Kier alpha value is -3.24. The lowest BCUT2D eigenvalue weighted by molar-refractivity contribution is -0.00579. The van der Waals surface area contributed by atoms with Crippen molar-refractivity contribution in [3.05, 3.63) is 35.4 Å². The highest BCUT2D eigenvalue weighted by Gasteiger charge is 2.52. The van der Waals surface area contributed by atoms with Crippen LogP contribution in [0.2, 0.25) is 5.02 Å². The summed E-state index contributed by atoms with van der Waals surface area (Å²) in [4.78, 5) is 16.2. The van der Waals surface area contributed by atoms with Crippen LogP contribution in [0.4, 0.5) is 14.7 Å². The number of ether oxygens (including phenoxy) is 3. The molecule has 38 heavy (non-hydrogen) atoms. The van der Waals surface area contributed by atoms with Gasteiger partial charge in [-0.15, -0.1) is 10.2 Å². The predicted octanol–water partition coefficient (Wildman–Crippen LogP) is 2.72. The van der Waals surface area contributed by atoms with Gasteiger partial charge in [0.25, 0.3) is 6.43 Å². The van der Waals surface area contributed by atoms with Gasteiger partial charge in [0.05, 0.1) is 24.7 Å². The van der Waals surface area contributed by atoms with E-state index in [-0.39, 0.29) is 47.0 Å². The molecule has 1 aliphatic rings. The highest BCUT2D eigenvalue weighted by molar-refractivity contribution is 7.93. The number of sulfonamides is 1. The number of alkyl halides is 2. The third kappa shape index (κ3) is 4.82. The molecule has 206 valence electrons. The van der Waals surface area contributed by atoms with Gasteiger partial charge in [-0.3, -0.25) is 9.29 Å². The maximum absolute atomic E-state index is 14.4. The first-order valence-corrected chi connectivity index (χ1v) is 13.2. The maximum atomic E-state index is 14.4. The number of methoxy groups -OCH3 is 3. The summed E-state index contributed by atoms with van der Waals surface area (Å²) in [6.45, 7) is 1.37. The van der Waals surface area contributed by atoms with E-state index in [1.807, 2.05) is 0 Å². The second-order valence-corrected chi connectivity index (χ2v) is 11.0. The Morgan fingerprint density at radius 2 is 1.66 bits per heavy atom. The van der Waals surface area contributed by atoms with Crippen molar-refractivity contribution in [3.8, 4) is 17.4 Å². The molecule has 0 radical (unpaired) electrons. The molecule has 0 saturated heterocycles. The fraction of sp³-hybridized carbons (Fsp3) is 0.524. The van der Waals surface area contributed by atoms with E-state index in [1.54, 1.807) is 0 Å². The third-order valence-corrected chi connectivity index (χ3v) is 8.32. The van der Waals surface area contributed by atoms with Crippen LogP contribution in [0.5, 0.6) is 11.8 Å². The zero-order valence-corrected chi connectivity index (χ0v) is 22.4. The molecule has 3 aromatic heterocycles. The summed E-state index contributed by atoms with van der Waals surface area (Å²) >= 11 is 5.84. The summed E-state index contributed by atoms with van der Waals surface area (Å²) in [5.74, 6) is -0.640. The lowest BCUT2D eigenvalue weighted by atomic mass is 9.68. The van der Waals surface area contributed by atoms with Gasteiger partial charge in [0.2, 0.25) is 27.7 Å². The van der Waals surface area contributed by atoms with Crippen LogP contribution in [-0.4, -0.2) is 76.1 Å². The molecule has 2 unspecified atom stereocenters. The fourth-order valence-corrected chi connectivity index (χ4v) is 5.41. The van der Waals surface area contributed by atoms with Crippen LogP contribution in [0.25, 0.3) is 5.69 Å². The van der Waals surface area contributed by atoms with Gasteiger partial charge in [0.15, 0.2) is 17.3 Å². The summed E-state index contributed by atoms with van der Waals surface area (Å²) in [7, 11) is -0.398. The number of hydrogen-bond donors (Lipinski definition) is 1. The van der Waals surface area contributed by atoms with E-state index in [9.17, 15) is 17.2 Å². The molecule has 0 spiro atoms. The van der Waals surface area contributed by atoms with Crippen LogP contribution < -0.4 is 14.2 Å². The van der Waals surface area contributed by atoms with E-state index in [4.69, 9.17) is 25.8 Å². The molecule has 13 nitrogen and oxygen atoms in total. The molecule has 0 amide bonds. The van der Waals surface area contributed by atoms with Gasteiger partial charge in [0.1, 0.15) is 17.7 Å². The summed E-state index contributed by atoms with van der Waals surface area (Å²) in [6.07, 6.45) is 0.620. The van der Waals surface area contributed by atoms with Gasteiger partial charge in [-0.25, -0.2) is 27.2 Å². The van der Waals surface area contributed by atoms with Crippen LogP contribution in [0, 0.1) is 0 Å². The Kier molecular flexibility index (Phi) is 7.94. The van der Waals surface area contributed by atoms with E-state index >= 15 is 0 Å². The van der Waals surface area contributed by atoms with Gasteiger partial charge < -0.3 is 14.2 Å². The molecular formula is C21H25ClF2N8O5S. The number of aromatic nitrogens is 7. The molecule has 4 rings (SSSR count). The Balaban J connectivity index is 1.84. The quantitative estimate of drug-likeness (QED) is 0.359. The van der Waals surface area contributed by atoms with Gasteiger partial charge in [-0.05, 0) is 19.8 Å². The number of anilines is 1. The zero-order valence-electron chi connectivity index (χ0n) is 20.8. The minimum atomic E-state index is -4.31. The van der Waals surface area contributed by atoms with Gasteiger partial charge >= 0.3 is 0 Å². The normalized spacial score (nSPS) is 16.5. The predicted molar refractivity (Wildman–Crippen MR) is 130 cm³/mol. The lowest BCUT2D eigenvalue weighted by Gasteiger charge is -2.40. The number of halogens is 3. The average Bonchev–Trinajstić information content (AvgIpc) is 3.26. The number of nitrogens with zero attached hydrogens (tertiary/aromatic N) is 7. The van der Waals surface area contributed by atoms with Crippen molar-refractivity contribution >= 4 is 27.6 Å². The van der Waals surface area contributed by atoms with E-state index in [2.05, 4.69) is 34.9 Å². The molecular weight excluding hydrogens is 550 g/mol. The fourth-order valence-electron chi connectivity index (χ4n) is 4.18. The number of hydrogen-bond acceptors (Lipinski definition) is 11. The van der Waals surface area contributed by atoms with Crippen LogP contribution in [-0.2, 0) is 20.2 Å². The van der Waals surface area contributed by atoms with Crippen LogP contribution in [0.1, 0.15) is 43.9 Å². The van der Waals surface area contributed by atoms with Crippen molar-refractivity contribution in [2.75, 3.05) is 26.1 Å². The highest BCUT2D eigenvalue weighted by atomic mass is 35.5. The second-order valence-electron chi connectivity index (χ2n) is 8.50. The smallest absolute Gasteiger partial charge is 0.251 e. The van der Waals surface area contributed by atoms with Crippen molar-refractivity contribution in [3.63, 3.8) is 0 Å². The Bertz CT molecular complexity index is 1370. The second kappa shape index (κ2) is 10.9. The molecule has 3 aromatic rings. The van der Waals surface area contributed by atoms with Gasteiger partial charge in [-0.1, -0.05) is 18.0 Å². The summed E-state index contributed by atoms with van der Waals surface area (Å²) in [5, 5.41) is 6.93. The lowest BCUT2D eigenvalue weighted by Crippen LogP contribution is -2.44. The number of rotatable bonds is 11. The molecule has 0 bridgehead atoms. The van der Waals surface area contributed by atoms with Crippen LogP contribution >= 0.6 is 11.6 Å². The number of nitrogens with one attached hydrogen (secondary N) is 1. The van der Waals surface area contributed by atoms with Crippen molar-refractivity contribution in [1.29, 1.82) is 0 Å². The monoisotopic (exact) mass is 574 g/mol. The third-order valence-electron chi connectivity index (χ3n) is 6.44. The Morgan fingerprint density at radius 3 is 2.13 bits per heavy atom. The average molecular weight is 575 g/mol. The first-order valence-electron chi connectivity index (χ1n) is 11.3. The Morgan fingerprint density at radius 1 is 1.05 bits per heavy atom. The largest absolute Gasteiger partial charge is 0.479 e. The molecule has 1 aliphatic carbocycles. The summed E-state index contributed by atoms with van der Waals surface area (Å²) in [6, 6.07) is 0. The first kappa shape index (κ1) is 27.8. The van der Waals surface area contributed by atoms with E-state index < -0.39 is 39.2 Å². The Labute approximate surface area is 222 Å². The molecule has 1 saturated carbocycles. The molecule has 17 heteroatoms. The van der Waals surface area contributed by atoms with Gasteiger partial charge in [0, 0.05) is 19.5 Å². The molecule has 0 aromatic carbocycles. The van der Waals surface area contributed by atoms with Crippen LogP contribution in [0.15, 0.2) is 18.7 Å². The summed E-state index contributed by atoms with van der Waals surface area (Å²) < 4.78 is 75.3. The summed E-state index contributed by atoms with van der Waals surface area (Å²) in [5.41, 5.74) is -1.71. The standard InChI is InChI=1S/C21H25ClF2N8O5S/c1-11(14(35-2)15-25-8-12(22)9-26-15)38(33,34)31-20-30-29-19(21(18(23)24)6-5-7-21)32(20)13-16(36-3)27-10-28-17(13)37-4/h8-11,14,18H,5-7H2,1-4H3,(H,30,31). The van der Waals surface area contributed by atoms with Crippen molar-refractivity contribution in [1.82, 2.24) is 34.7 Å². The molecule has 1 fully saturated rings. The highest BCUT2D eigenvalue weighted by Crippen LogP contribution is 2.49. The van der Waals surface area contributed by atoms with Crippen molar-refractivity contribution < 1.29 is 31.4 Å².